The molecule has 1 aromatic carbocycles. The topological polar surface area (TPSA) is 50.1 Å². The third-order valence-electron chi connectivity index (χ3n) is 2.03. The van der Waals surface area contributed by atoms with Gasteiger partial charge in [0, 0.05) is 0 Å². The van der Waals surface area contributed by atoms with E-state index in [4.69, 9.17) is 5.26 Å². The molecular formula is C11H10FNO2. The lowest BCUT2D eigenvalue weighted by molar-refractivity contribution is -0.140. The fourth-order valence-corrected chi connectivity index (χ4v) is 1.18. The summed E-state index contributed by atoms with van der Waals surface area (Å²) in [7, 11) is 1.27. The fourth-order valence-electron chi connectivity index (χ4n) is 1.18. The Bertz CT molecular complexity index is 381. The number of carbonyl (C=O) groups is 1. The molecule has 0 aliphatic carbocycles. The van der Waals surface area contributed by atoms with Gasteiger partial charge in [0.1, 0.15) is 5.82 Å². The van der Waals surface area contributed by atoms with Crippen molar-refractivity contribution in [2.24, 2.45) is 0 Å². The predicted octanol–water partition coefficient (Wildman–Crippen LogP) is 2.00. The Morgan fingerprint density at radius 2 is 2.13 bits per heavy atom. The lowest BCUT2D eigenvalue weighted by atomic mass is 9.97. The molecule has 0 fully saturated rings. The molecule has 0 aromatic heterocycles. The van der Waals surface area contributed by atoms with Crippen LogP contribution in [-0.4, -0.2) is 13.1 Å². The van der Waals surface area contributed by atoms with Crippen LogP contribution in [0.3, 0.4) is 0 Å². The molecule has 0 spiro atoms. The average molecular weight is 207 g/mol. The Labute approximate surface area is 87.1 Å². The van der Waals surface area contributed by atoms with E-state index in [1.54, 1.807) is 0 Å². The summed E-state index contributed by atoms with van der Waals surface area (Å²) < 4.78 is 17.1. The van der Waals surface area contributed by atoms with Crippen molar-refractivity contribution in [2.75, 3.05) is 7.11 Å². The van der Waals surface area contributed by atoms with Crippen LogP contribution in [0.4, 0.5) is 4.39 Å². The highest BCUT2D eigenvalue weighted by Crippen LogP contribution is 2.19. The monoisotopic (exact) mass is 207 g/mol. The van der Waals surface area contributed by atoms with Crippen LogP contribution >= 0.6 is 0 Å². The molecule has 4 heteroatoms. The number of hydrogen-bond donors (Lipinski definition) is 0. The van der Waals surface area contributed by atoms with Gasteiger partial charge in [0.15, 0.2) is 0 Å². The van der Waals surface area contributed by atoms with E-state index >= 15 is 0 Å². The molecule has 0 heterocycles. The zero-order chi connectivity index (χ0) is 11.3. The fraction of sp³-hybridized carbons (Fsp3) is 0.273. The van der Waals surface area contributed by atoms with E-state index in [1.807, 2.05) is 6.07 Å². The van der Waals surface area contributed by atoms with Crippen molar-refractivity contribution < 1.29 is 13.9 Å². The number of halogens is 1. The lowest BCUT2D eigenvalue weighted by Crippen LogP contribution is -2.07. The van der Waals surface area contributed by atoms with Gasteiger partial charge in [-0.15, -0.1) is 0 Å². The zero-order valence-corrected chi connectivity index (χ0v) is 8.24. The molecule has 1 unspecified atom stereocenters. The molecule has 1 aromatic rings. The standard InChI is InChI=1S/C11H10FNO2/c1-15-11(14)6-9(7-13)8-2-4-10(12)5-3-8/h2-5,9H,6H2,1H3. The second kappa shape index (κ2) is 5.11. The van der Waals surface area contributed by atoms with E-state index in [-0.39, 0.29) is 12.2 Å². The molecule has 0 saturated carbocycles. The summed E-state index contributed by atoms with van der Waals surface area (Å²) >= 11 is 0. The van der Waals surface area contributed by atoms with E-state index in [0.29, 0.717) is 5.56 Å². The van der Waals surface area contributed by atoms with Gasteiger partial charge in [-0.1, -0.05) is 12.1 Å². The van der Waals surface area contributed by atoms with Crippen LogP contribution in [0.25, 0.3) is 0 Å². The Kier molecular flexibility index (Phi) is 3.81. The van der Waals surface area contributed by atoms with Crippen molar-refractivity contribution in [1.29, 1.82) is 5.26 Å². The minimum absolute atomic E-state index is 0.0152. The quantitative estimate of drug-likeness (QED) is 0.712. The molecule has 0 aliphatic rings. The van der Waals surface area contributed by atoms with Gasteiger partial charge < -0.3 is 4.74 Å². The summed E-state index contributed by atoms with van der Waals surface area (Å²) in [4.78, 5) is 11.0. The smallest absolute Gasteiger partial charge is 0.307 e. The number of benzene rings is 1. The number of hydrogen-bond acceptors (Lipinski definition) is 3. The van der Waals surface area contributed by atoms with E-state index in [2.05, 4.69) is 4.74 Å². The van der Waals surface area contributed by atoms with Crippen molar-refractivity contribution in [2.45, 2.75) is 12.3 Å². The predicted molar refractivity (Wildman–Crippen MR) is 51.4 cm³/mol. The van der Waals surface area contributed by atoms with Crippen LogP contribution in [0.5, 0.6) is 0 Å². The summed E-state index contributed by atoms with van der Waals surface area (Å²) in [6.07, 6.45) is -0.0152. The molecule has 1 rings (SSSR count). The Balaban J connectivity index is 2.80. The maximum Gasteiger partial charge on any atom is 0.307 e. The number of nitrogens with zero attached hydrogens (tertiary/aromatic N) is 1. The van der Waals surface area contributed by atoms with Crippen LogP contribution < -0.4 is 0 Å². The molecule has 1 atom stereocenters. The minimum atomic E-state index is -0.585. The lowest BCUT2D eigenvalue weighted by Gasteiger charge is -2.07. The van der Waals surface area contributed by atoms with Gasteiger partial charge in [0.2, 0.25) is 0 Å². The van der Waals surface area contributed by atoms with E-state index in [9.17, 15) is 9.18 Å². The molecule has 0 bridgehead atoms. The molecule has 0 saturated heterocycles. The first-order valence-corrected chi connectivity index (χ1v) is 4.39. The second-order valence-electron chi connectivity index (χ2n) is 3.01. The van der Waals surface area contributed by atoms with E-state index in [1.165, 1.54) is 31.4 Å². The van der Waals surface area contributed by atoms with Gasteiger partial charge in [0.25, 0.3) is 0 Å². The second-order valence-corrected chi connectivity index (χ2v) is 3.01. The normalized spacial score (nSPS) is 11.5. The summed E-state index contributed by atoms with van der Waals surface area (Å²) in [5, 5.41) is 8.84. The molecule has 3 nitrogen and oxygen atoms in total. The van der Waals surface area contributed by atoms with Crippen LogP contribution in [0, 0.1) is 17.1 Å². The van der Waals surface area contributed by atoms with Gasteiger partial charge >= 0.3 is 5.97 Å². The molecule has 0 aliphatic heterocycles. The minimum Gasteiger partial charge on any atom is -0.469 e. The van der Waals surface area contributed by atoms with E-state index in [0.717, 1.165) is 0 Å². The summed E-state index contributed by atoms with van der Waals surface area (Å²) in [5.74, 6) is -1.41. The maximum atomic E-state index is 12.6. The molecule has 15 heavy (non-hydrogen) atoms. The van der Waals surface area contributed by atoms with Crippen molar-refractivity contribution in [3.8, 4) is 6.07 Å². The van der Waals surface area contributed by atoms with Gasteiger partial charge in [-0.25, -0.2) is 4.39 Å². The Morgan fingerprint density at radius 3 is 2.60 bits per heavy atom. The molecular weight excluding hydrogens is 197 g/mol. The third-order valence-corrected chi connectivity index (χ3v) is 2.03. The largest absolute Gasteiger partial charge is 0.469 e. The van der Waals surface area contributed by atoms with Crippen molar-refractivity contribution in [3.05, 3.63) is 35.6 Å². The summed E-state index contributed by atoms with van der Waals surface area (Å²) in [6, 6.07) is 7.49. The van der Waals surface area contributed by atoms with Crippen LogP contribution in [0.2, 0.25) is 0 Å². The van der Waals surface area contributed by atoms with Crippen LogP contribution in [-0.2, 0) is 9.53 Å². The summed E-state index contributed by atoms with van der Waals surface area (Å²) in [5.41, 5.74) is 0.615. The molecule has 0 amide bonds. The SMILES string of the molecule is COC(=O)CC(C#N)c1ccc(F)cc1. The van der Waals surface area contributed by atoms with Gasteiger partial charge in [-0.2, -0.15) is 5.26 Å². The summed E-state index contributed by atoms with van der Waals surface area (Å²) in [6.45, 7) is 0. The maximum absolute atomic E-state index is 12.6. The first kappa shape index (κ1) is 11.2. The van der Waals surface area contributed by atoms with E-state index < -0.39 is 11.9 Å². The number of ether oxygens (including phenoxy) is 1. The van der Waals surface area contributed by atoms with Gasteiger partial charge in [-0.05, 0) is 17.7 Å². The van der Waals surface area contributed by atoms with Crippen molar-refractivity contribution in [1.82, 2.24) is 0 Å². The Hall–Kier alpha value is -1.89. The first-order valence-electron chi connectivity index (χ1n) is 4.39. The third kappa shape index (κ3) is 3.06. The molecule has 78 valence electrons. The Morgan fingerprint density at radius 1 is 1.53 bits per heavy atom. The highest BCUT2D eigenvalue weighted by Gasteiger charge is 2.15. The van der Waals surface area contributed by atoms with Crippen molar-refractivity contribution in [3.63, 3.8) is 0 Å². The molecule has 0 N–H and O–H groups in total. The van der Waals surface area contributed by atoms with Crippen LogP contribution in [0.15, 0.2) is 24.3 Å². The first-order chi connectivity index (χ1) is 7.17. The number of nitriles is 1. The number of rotatable bonds is 3. The number of esters is 1. The molecule has 0 radical (unpaired) electrons. The highest BCUT2D eigenvalue weighted by atomic mass is 19.1. The zero-order valence-electron chi connectivity index (χ0n) is 8.24. The highest BCUT2D eigenvalue weighted by molar-refractivity contribution is 5.71. The van der Waals surface area contributed by atoms with Gasteiger partial charge in [-0.3, -0.25) is 4.79 Å². The van der Waals surface area contributed by atoms with Crippen LogP contribution in [0.1, 0.15) is 17.9 Å². The average Bonchev–Trinajstić information content (AvgIpc) is 2.27. The number of methoxy groups -OCH3 is 1. The van der Waals surface area contributed by atoms with Crippen molar-refractivity contribution >= 4 is 5.97 Å². The van der Waals surface area contributed by atoms with Gasteiger partial charge in [0.05, 0.1) is 25.5 Å². The number of carbonyl (C=O) groups excluding carboxylic acids is 1.